The maximum atomic E-state index is 13.2. The molecule has 164 valence electrons. The van der Waals surface area contributed by atoms with Crippen molar-refractivity contribution in [1.29, 1.82) is 0 Å². The van der Waals surface area contributed by atoms with Gasteiger partial charge in [-0.1, -0.05) is 12.1 Å². The molecule has 31 heavy (non-hydrogen) atoms. The Morgan fingerprint density at radius 3 is 2.77 bits per heavy atom. The van der Waals surface area contributed by atoms with Crippen LogP contribution in [0.15, 0.2) is 36.5 Å². The van der Waals surface area contributed by atoms with Gasteiger partial charge in [-0.05, 0) is 61.9 Å². The number of fused-ring (bicyclic) bond motifs is 1. The third-order valence-corrected chi connectivity index (χ3v) is 6.00. The predicted molar refractivity (Wildman–Crippen MR) is 119 cm³/mol. The highest BCUT2D eigenvalue weighted by molar-refractivity contribution is 6.19. The number of nitrogens with one attached hydrogen (secondary N) is 2. The molecule has 7 nitrogen and oxygen atoms in total. The maximum absolute atomic E-state index is 13.2. The molecule has 0 bridgehead atoms. The number of carbonyl (C=O) groups is 2. The molecule has 7 heteroatoms. The van der Waals surface area contributed by atoms with E-state index in [1.165, 1.54) is 0 Å². The largest absolute Gasteiger partial charge is 0.378 e. The standard InChI is InChI=1S/C24H30N4O3/c1-24(2)22(29)27-19-9-8-17(11-21(19)28(23(24)30)14-16-6-7-16)12-25-13-18-5-4-10-26-20(18)15-31-3/h4-5,8-11,16,25H,6-7,12-15H2,1-3H3,(H,27,29). The van der Waals surface area contributed by atoms with Crippen LogP contribution in [0.1, 0.15) is 43.5 Å². The second-order valence-corrected chi connectivity index (χ2v) is 8.94. The van der Waals surface area contributed by atoms with Crippen molar-refractivity contribution in [3.63, 3.8) is 0 Å². The summed E-state index contributed by atoms with van der Waals surface area (Å²) in [5.74, 6) is 0.123. The van der Waals surface area contributed by atoms with Crippen LogP contribution in [-0.4, -0.2) is 30.5 Å². The molecule has 0 saturated heterocycles. The molecule has 2 aliphatic rings. The Bertz CT molecular complexity index is 985. The van der Waals surface area contributed by atoms with E-state index in [0.717, 1.165) is 35.3 Å². The Labute approximate surface area is 183 Å². The van der Waals surface area contributed by atoms with Gasteiger partial charge in [0.1, 0.15) is 5.41 Å². The smallest absolute Gasteiger partial charge is 0.242 e. The molecule has 2 heterocycles. The summed E-state index contributed by atoms with van der Waals surface area (Å²) in [5, 5.41) is 6.41. The van der Waals surface area contributed by atoms with E-state index in [1.54, 1.807) is 27.2 Å². The quantitative estimate of drug-likeness (QED) is 0.638. The molecular weight excluding hydrogens is 392 g/mol. The molecule has 2 N–H and O–H groups in total. The van der Waals surface area contributed by atoms with Crippen LogP contribution in [0.4, 0.5) is 11.4 Å². The number of methoxy groups -OCH3 is 1. The van der Waals surface area contributed by atoms with E-state index in [9.17, 15) is 9.59 Å². The van der Waals surface area contributed by atoms with Gasteiger partial charge in [0.15, 0.2) is 0 Å². The van der Waals surface area contributed by atoms with Crippen molar-refractivity contribution in [3.8, 4) is 0 Å². The first kappa shape index (κ1) is 21.5. The summed E-state index contributed by atoms with van der Waals surface area (Å²) >= 11 is 0. The van der Waals surface area contributed by atoms with E-state index in [4.69, 9.17) is 4.74 Å². The predicted octanol–water partition coefficient (Wildman–Crippen LogP) is 3.24. The zero-order valence-electron chi connectivity index (χ0n) is 18.4. The minimum Gasteiger partial charge on any atom is -0.378 e. The van der Waals surface area contributed by atoms with Crippen LogP contribution >= 0.6 is 0 Å². The fraction of sp³-hybridized carbons (Fsp3) is 0.458. The van der Waals surface area contributed by atoms with Gasteiger partial charge >= 0.3 is 0 Å². The van der Waals surface area contributed by atoms with Gasteiger partial charge in [-0.15, -0.1) is 0 Å². The highest BCUT2D eigenvalue weighted by Crippen LogP contribution is 2.39. The molecule has 1 aromatic heterocycles. The first-order valence-electron chi connectivity index (χ1n) is 10.8. The van der Waals surface area contributed by atoms with E-state index >= 15 is 0 Å². The van der Waals surface area contributed by atoms with Crippen LogP contribution in [0.3, 0.4) is 0 Å². The van der Waals surface area contributed by atoms with Crippen molar-refractivity contribution in [3.05, 3.63) is 53.3 Å². The zero-order valence-corrected chi connectivity index (χ0v) is 18.4. The van der Waals surface area contributed by atoms with Gasteiger partial charge in [0.25, 0.3) is 0 Å². The summed E-state index contributed by atoms with van der Waals surface area (Å²) in [6.45, 7) is 5.84. The van der Waals surface area contributed by atoms with Crippen molar-refractivity contribution in [2.45, 2.75) is 46.4 Å². The SMILES string of the molecule is COCc1ncccc1CNCc1ccc2c(c1)N(CC1CC1)C(=O)C(C)(C)C(=O)N2. The Balaban J connectivity index is 1.53. The Morgan fingerprint density at radius 2 is 2.03 bits per heavy atom. The molecule has 1 aromatic carbocycles. The van der Waals surface area contributed by atoms with E-state index in [-0.39, 0.29) is 11.8 Å². The molecule has 1 aliphatic heterocycles. The van der Waals surface area contributed by atoms with Crippen molar-refractivity contribution in [1.82, 2.24) is 10.3 Å². The molecule has 1 fully saturated rings. The second kappa shape index (κ2) is 8.77. The third-order valence-electron chi connectivity index (χ3n) is 6.00. The highest BCUT2D eigenvalue weighted by Gasteiger charge is 2.44. The average Bonchev–Trinajstić information content (AvgIpc) is 3.58. The number of nitrogens with zero attached hydrogens (tertiary/aromatic N) is 2. The number of anilines is 2. The fourth-order valence-electron chi connectivity index (χ4n) is 3.82. The maximum Gasteiger partial charge on any atom is 0.242 e. The molecule has 0 atom stereocenters. The summed E-state index contributed by atoms with van der Waals surface area (Å²) in [6, 6.07) is 9.87. The van der Waals surface area contributed by atoms with E-state index < -0.39 is 5.41 Å². The second-order valence-electron chi connectivity index (χ2n) is 8.94. The number of amides is 2. The van der Waals surface area contributed by atoms with Crippen LogP contribution in [0, 0.1) is 11.3 Å². The zero-order chi connectivity index (χ0) is 22.0. The van der Waals surface area contributed by atoms with Crippen LogP contribution in [0.2, 0.25) is 0 Å². The van der Waals surface area contributed by atoms with E-state index in [2.05, 4.69) is 15.6 Å². The number of ether oxygens (including phenoxy) is 1. The lowest BCUT2D eigenvalue weighted by Gasteiger charge is -2.28. The number of rotatable bonds is 8. The van der Waals surface area contributed by atoms with Crippen molar-refractivity contribution >= 4 is 23.2 Å². The molecule has 1 aliphatic carbocycles. The molecule has 4 rings (SSSR count). The van der Waals surface area contributed by atoms with Crippen LogP contribution in [0.25, 0.3) is 0 Å². The third kappa shape index (κ3) is 4.62. The molecule has 0 spiro atoms. The van der Waals surface area contributed by atoms with Gasteiger partial charge in [0.05, 0.1) is 23.7 Å². The summed E-state index contributed by atoms with van der Waals surface area (Å²) in [4.78, 5) is 32.1. The number of pyridine rings is 1. The topological polar surface area (TPSA) is 83.6 Å². The first-order chi connectivity index (χ1) is 14.9. The lowest BCUT2D eigenvalue weighted by Crippen LogP contribution is -2.45. The van der Waals surface area contributed by atoms with Gasteiger partial charge in [-0.3, -0.25) is 14.6 Å². The van der Waals surface area contributed by atoms with Gasteiger partial charge in [-0.25, -0.2) is 0 Å². The molecular formula is C24H30N4O3. The van der Waals surface area contributed by atoms with Gasteiger partial charge in [0.2, 0.25) is 11.8 Å². The summed E-state index contributed by atoms with van der Waals surface area (Å²) in [7, 11) is 1.66. The van der Waals surface area contributed by atoms with Crippen molar-refractivity contribution in [2.75, 3.05) is 23.9 Å². The Morgan fingerprint density at radius 1 is 1.23 bits per heavy atom. The monoisotopic (exact) mass is 422 g/mol. The molecule has 1 saturated carbocycles. The number of hydrogen-bond acceptors (Lipinski definition) is 5. The number of aromatic nitrogens is 1. The molecule has 0 radical (unpaired) electrons. The summed E-state index contributed by atoms with van der Waals surface area (Å²) < 4.78 is 5.23. The lowest BCUT2D eigenvalue weighted by molar-refractivity contribution is -0.136. The van der Waals surface area contributed by atoms with Gasteiger partial charge < -0.3 is 20.3 Å². The van der Waals surface area contributed by atoms with Crippen molar-refractivity contribution < 1.29 is 14.3 Å². The Hall–Kier alpha value is -2.77. The number of benzene rings is 1. The molecule has 2 amide bonds. The first-order valence-corrected chi connectivity index (χ1v) is 10.8. The van der Waals surface area contributed by atoms with E-state index in [1.807, 2.05) is 35.2 Å². The van der Waals surface area contributed by atoms with Gasteiger partial charge in [-0.2, -0.15) is 0 Å². The summed E-state index contributed by atoms with van der Waals surface area (Å²) in [6.07, 6.45) is 4.04. The minimum atomic E-state index is -1.09. The van der Waals surface area contributed by atoms with Crippen LogP contribution in [-0.2, 0) is 34.0 Å². The minimum absolute atomic E-state index is 0.139. The van der Waals surface area contributed by atoms with Crippen molar-refractivity contribution in [2.24, 2.45) is 11.3 Å². The van der Waals surface area contributed by atoms with E-state index in [0.29, 0.717) is 37.8 Å². The summed E-state index contributed by atoms with van der Waals surface area (Å²) in [5.41, 5.74) is 3.46. The Kier molecular flexibility index (Phi) is 6.07. The molecule has 2 aromatic rings. The lowest BCUT2D eigenvalue weighted by atomic mass is 9.90. The number of hydrogen-bond donors (Lipinski definition) is 2. The average molecular weight is 423 g/mol. The normalized spacial score (nSPS) is 17.8. The fourth-order valence-corrected chi connectivity index (χ4v) is 3.82. The highest BCUT2D eigenvalue weighted by atomic mass is 16.5. The van der Waals surface area contributed by atoms with Crippen LogP contribution < -0.4 is 15.5 Å². The van der Waals surface area contributed by atoms with Gasteiger partial charge in [0, 0.05) is 32.9 Å². The van der Waals surface area contributed by atoms with Crippen LogP contribution in [0.5, 0.6) is 0 Å². The molecule has 0 unspecified atom stereocenters. The number of carbonyl (C=O) groups excluding carboxylic acids is 2.